The Kier molecular flexibility index (Phi) is 7.45. The normalized spacial score (nSPS) is 20.6. The molecular weight excluding hydrogens is 310 g/mol. The van der Waals surface area contributed by atoms with Crippen molar-refractivity contribution in [2.24, 2.45) is 5.41 Å². The lowest BCUT2D eigenvalue weighted by atomic mass is 9.88. The Balaban J connectivity index is 1.60. The van der Waals surface area contributed by atoms with Crippen LogP contribution in [0.4, 0.5) is 0 Å². The number of nitrogens with zero attached hydrogens (tertiary/aromatic N) is 1. The van der Waals surface area contributed by atoms with E-state index in [2.05, 4.69) is 48.1 Å². The third-order valence-corrected chi connectivity index (χ3v) is 5.54. The quantitative estimate of drug-likeness (QED) is 0.664. The molecule has 0 spiro atoms. The SMILES string of the molecule is CCC(C)(C)C(=O)N(C)CCCCCC1CC(c2ccccc2)NN1. The number of hydrazine groups is 1. The van der Waals surface area contributed by atoms with Gasteiger partial charge in [0.15, 0.2) is 0 Å². The maximum absolute atomic E-state index is 12.3. The van der Waals surface area contributed by atoms with Gasteiger partial charge in [0, 0.05) is 31.1 Å². The molecule has 1 amide bonds. The molecule has 25 heavy (non-hydrogen) atoms. The number of hydrogen-bond acceptors (Lipinski definition) is 3. The van der Waals surface area contributed by atoms with Gasteiger partial charge in [0.1, 0.15) is 0 Å². The summed E-state index contributed by atoms with van der Waals surface area (Å²) in [6, 6.07) is 11.6. The number of carbonyl (C=O) groups excluding carboxylic acids is 1. The molecule has 1 fully saturated rings. The number of hydrogen-bond donors (Lipinski definition) is 2. The first-order chi connectivity index (χ1) is 11.9. The van der Waals surface area contributed by atoms with E-state index in [1.807, 2.05) is 25.8 Å². The molecule has 0 bridgehead atoms. The standard InChI is InChI=1S/C21H35N3O/c1-5-21(2,3)20(25)24(4)15-11-7-10-14-18-16-19(23-22-18)17-12-8-6-9-13-17/h6,8-9,12-13,18-19,22-23H,5,7,10-11,14-16H2,1-4H3. The summed E-state index contributed by atoms with van der Waals surface area (Å²) in [6.45, 7) is 7.02. The Labute approximate surface area is 153 Å². The van der Waals surface area contributed by atoms with Crippen molar-refractivity contribution in [3.8, 4) is 0 Å². The Morgan fingerprint density at radius 2 is 1.88 bits per heavy atom. The lowest BCUT2D eigenvalue weighted by Gasteiger charge is -2.28. The lowest BCUT2D eigenvalue weighted by molar-refractivity contribution is -0.139. The molecule has 1 aliphatic heterocycles. The minimum absolute atomic E-state index is 0.235. The van der Waals surface area contributed by atoms with Crippen LogP contribution >= 0.6 is 0 Å². The highest BCUT2D eigenvalue weighted by molar-refractivity contribution is 5.81. The van der Waals surface area contributed by atoms with E-state index in [1.54, 1.807) is 0 Å². The number of amides is 1. The van der Waals surface area contributed by atoms with Gasteiger partial charge in [-0.25, -0.2) is 0 Å². The fourth-order valence-corrected chi connectivity index (χ4v) is 3.40. The van der Waals surface area contributed by atoms with Crippen LogP contribution in [-0.2, 0) is 4.79 Å². The van der Waals surface area contributed by atoms with E-state index in [0.29, 0.717) is 12.1 Å². The number of carbonyl (C=O) groups is 1. The minimum atomic E-state index is -0.235. The van der Waals surface area contributed by atoms with Crippen molar-refractivity contribution in [3.63, 3.8) is 0 Å². The smallest absolute Gasteiger partial charge is 0.227 e. The molecule has 1 aliphatic rings. The zero-order valence-electron chi connectivity index (χ0n) is 16.3. The molecule has 0 saturated carbocycles. The second-order valence-corrected chi connectivity index (χ2v) is 8.00. The molecule has 4 nitrogen and oxygen atoms in total. The van der Waals surface area contributed by atoms with Crippen molar-refractivity contribution < 1.29 is 4.79 Å². The molecular formula is C21H35N3O. The fourth-order valence-electron chi connectivity index (χ4n) is 3.40. The molecule has 0 aromatic heterocycles. The summed E-state index contributed by atoms with van der Waals surface area (Å²) >= 11 is 0. The van der Waals surface area contributed by atoms with E-state index >= 15 is 0 Å². The molecule has 2 N–H and O–H groups in total. The second-order valence-electron chi connectivity index (χ2n) is 8.00. The van der Waals surface area contributed by atoms with Crippen molar-refractivity contribution in [1.82, 2.24) is 15.8 Å². The van der Waals surface area contributed by atoms with Crippen LogP contribution in [0, 0.1) is 5.41 Å². The highest BCUT2D eigenvalue weighted by Gasteiger charge is 2.28. The summed E-state index contributed by atoms with van der Waals surface area (Å²) in [7, 11) is 1.94. The van der Waals surface area contributed by atoms with Crippen molar-refractivity contribution in [2.75, 3.05) is 13.6 Å². The lowest BCUT2D eigenvalue weighted by Crippen LogP contribution is -2.38. The summed E-state index contributed by atoms with van der Waals surface area (Å²) in [5.74, 6) is 0.266. The van der Waals surface area contributed by atoms with Crippen LogP contribution in [-0.4, -0.2) is 30.4 Å². The number of nitrogens with one attached hydrogen (secondary N) is 2. The first-order valence-corrected chi connectivity index (χ1v) is 9.75. The maximum atomic E-state index is 12.3. The van der Waals surface area contributed by atoms with Gasteiger partial charge < -0.3 is 4.90 Å². The molecule has 2 rings (SSSR count). The van der Waals surface area contributed by atoms with Gasteiger partial charge in [-0.2, -0.15) is 0 Å². The fraction of sp³-hybridized carbons (Fsp3) is 0.667. The van der Waals surface area contributed by atoms with E-state index in [9.17, 15) is 4.79 Å². The molecule has 1 aromatic carbocycles. The first-order valence-electron chi connectivity index (χ1n) is 9.75. The van der Waals surface area contributed by atoms with Crippen molar-refractivity contribution in [3.05, 3.63) is 35.9 Å². The van der Waals surface area contributed by atoms with Crippen molar-refractivity contribution in [2.45, 2.75) is 71.4 Å². The van der Waals surface area contributed by atoms with Gasteiger partial charge in [-0.15, -0.1) is 0 Å². The van der Waals surface area contributed by atoms with E-state index in [4.69, 9.17) is 0 Å². The number of benzene rings is 1. The molecule has 0 radical (unpaired) electrons. The zero-order chi connectivity index (χ0) is 18.3. The van der Waals surface area contributed by atoms with Crippen LogP contribution in [0.25, 0.3) is 0 Å². The van der Waals surface area contributed by atoms with Gasteiger partial charge >= 0.3 is 0 Å². The Bertz CT molecular complexity index is 529. The van der Waals surface area contributed by atoms with Crippen LogP contribution in [0.1, 0.15) is 70.9 Å². The largest absolute Gasteiger partial charge is 0.345 e. The Morgan fingerprint density at radius 3 is 2.56 bits per heavy atom. The Morgan fingerprint density at radius 1 is 1.16 bits per heavy atom. The molecule has 4 heteroatoms. The minimum Gasteiger partial charge on any atom is -0.345 e. The van der Waals surface area contributed by atoms with Crippen LogP contribution in [0.5, 0.6) is 0 Å². The molecule has 2 unspecified atom stereocenters. The predicted octanol–water partition coefficient (Wildman–Crippen LogP) is 4.05. The Hall–Kier alpha value is -1.39. The van der Waals surface area contributed by atoms with Gasteiger partial charge in [0.25, 0.3) is 0 Å². The topological polar surface area (TPSA) is 44.4 Å². The summed E-state index contributed by atoms with van der Waals surface area (Å²) < 4.78 is 0. The van der Waals surface area contributed by atoms with Crippen LogP contribution in [0.15, 0.2) is 30.3 Å². The number of rotatable bonds is 9. The maximum Gasteiger partial charge on any atom is 0.227 e. The molecule has 1 saturated heterocycles. The van der Waals surface area contributed by atoms with Crippen LogP contribution in [0.2, 0.25) is 0 Å². The molecule has 2 atom stereocenters. The van der Waals surface area contributed by atoms with Crippen molar-refractivity contribution >= 4 is 5.91 Å². The molecule has 1 aromatic rings. The monoisotopic (exact) mass is 345 g/mol. The zero-order valence-corrected chi connectivity index (χ0v) is 16.3. The van der Waals surface area contributed by atoms with E-state index < -0.39 is 0 Å². The average molecular weight is 346 g/mol. The molecule has 1 heterocycles. The van der Waals surface area contributed by atoms with Crippen LogP contribution < -0.4 is 10.9 Å². The van der Waals surface area contributed by atoms with Gasteiger partial charge in [-0.3, -0.25) is 15.6 Å². The third-order valence-electron chi connectivity index (χ3n) is 5.54. The van der Waals surface area contributed by atoms with Crippen molar-refractivity contribution in [1.29, 1.82) is 0 Å². The summed E-state index contributed by atoms with van der Waals surface area (Å²) in [5.41, 5.74) is 7.98. The predicted molar refractivity (Wildman–Crippen MR) is 104 cm³/mol. The van der Waals surface area contributed by atoms with E-state index in [0.717, 1.165) is 25.8 Å². The van der Waals surface area contributed by atoms with E-state index in [-0.39, 0.29) is 11.3 Å². The summed E-state index contributed by atoms with van der Waals surface area (Å²) in [6.07, 6.45) is 6.70. The first kappa shape index (κ1) is 19.9. The van der Waals surface area contributed by atoms with E-state index in [1.165, 1.54) is 24.8 Å². The summed E-state index contributed by atoms with van der Waals surface area (Å²) in [5, 5.41) is 0. The average Bonchev–Trinajstić information content (AvgIpc) is 3.10. The number of unbranched alkanes of at least 4 members (excludes halogenated alkanes) is 2. The highest BCUT2D eigenvalue weighted by Crippen LogP contribution is 2.25. The summed E-state index contributed by atoms with van der Waals surface area (Å²) in [4.78, 5) is 14.3. The second kappa shape index (κ2) is 9.35. The van der Waals surface area contributed by atoms with Crippen LogP contribution in [0.3, 0.4) is 0 Å². The molecule has 0 aliphatic carbocycles. The molecule has 140 valence electrons. The van der Waals surface area contributed by atoms with Gasteiger partial charge in [0.2, 0.25) is 5.91 Å². The van der Waals surface area contributed by atoms with Gasteiger partial charge in [0.05, 0.1) is 0 Å². The highest BCUT2D eigenvalue weighted by atomic mass is 16.2. The van der Waals surface area contributed by atoms with Gasteiger partial charge in [-0.05, 0) is 31.2 Å². The third kappa shape index (κ3) is 5.82. The van der Waals surface area contributed by atoms with Gasteiger partial charge in [-0.1, -0.05) is 63.9 Å².